The molecule has 0 fully saturated rings. The Labute approximate surface area is 175 Å². The van der Waals surface area contributed by atoms with E-state index in [1.807, 2.05) is 6.20 Å². The van der Waals surface area contributed by atoms with Crippen LogP contribution >= 0.6 is 0 Å². The van der Waals surface area contributed by atoms with Crippen LogP contribution in [0.2, 0.25) is 0 Å². The number of halogens is 1. The highest BCUT2D eigenvalue weighted by Crippen LogP contribution is 2.15. The SMILES string of the molecule is CCc1cnc(CCCc2cc(C(=O)OC)cc(CO)n2)n1Cc1ccc(F)cc1. The third kappa shape index (κ3) is 5.30. The number of aliphatic hydroxyl groups is 1. The maximum Gasteiger partial charge on any atom is 0.337 e. The molecular weight excluding hydrogens is 385 g/mol. The van der Waals surface area contributed by atoms with Gasteiger partial charge in [-0.25, -0.2) is 14.2 Å². The van der Waals surface area contributed by atoms with Gasteiger partial charge < -0.3 is 14.4 Å². The Kier molecular flexibility index (Phi) is 7.30. The molecule has 1 N–H and O–H groups in total. The van der Waals surface area contributed by atoms with Gasteiger partial charge in [-0.3, -0.25) is 4.98 Å². The molecule has 0 bridgehead atoms. The zero-order chi connectivity index (χ0) is 21.5. The van der Waals surface area contributed by atoms with Crippen molar-refractivity contribution in [2.24, 2.45) is 0 Å². The van der Waals surface area contributed by atoms with Crippen molar-refractivity contribution in [1.82, 2.24) is 14.5 Å². The van der Waals surface area contributed by atoms with Gasteiger partial charge in [-0.2, -0.15) is 0 Å². The van der Waals surface area contributed by atoms with Crippen LogP contribution in [0.1, 0.15) is 52.2 Å². The highest BCUT2D eigenvalue weighted by atomic mass is 19.1. The largest absolute Gasteiger partial charge is 0.465 e. The zero-order valence-electron chi connectivity index (χ0n) is 17.3. The van der Waals surface area contributed by atoms with E-state index in [1.54, 1.807) is 18.2 Å². The summed E-state index contributed by atoms with van der Waals surface area (Å²) in [6.45, 7) is 2.49. The number of aliphatic hydroxyl groups excluding tert-OH is 1. The topological polar surface area (TPSA) is 77.2 Å². The Bertz CT molecular complexity index is 999. The van der Waals surface area contributed by atoms with E-state index in [1.165, 1.54) is 25.3 Å². The standard InChI is InChI=1S/C23H26FN3O3/c1-3-21-13-25-22(27(21)14-16-7-9-18(24)10-8-16)6-4-5-19-11-17(23(29)30-2)12-20(15-28)26-19/h7-13,28H,3-6,14-15H2,1-2H3. The quantitative estimate of drug-likeness (QED) is 0.546. The minimum Gasteiger partial charge on any atom is -0.465 e. The number of hydrogen-bond donors (Lipinski definition) is 1. The number of imidazole rings is 1. The van der Waals surface area contributed by atoms with Crippen LogP contribution in [-0.2, 0) is 37.2 Å². The van der Waals surface area contributed by atoms with E-state index >= 15 is 0 Å². The van der Waals surface area contributed by atoms with Crippen molar-refractivity contribution in [2.45, 2.75) is 45.8 Å². The molecule has 158 valence electrons. The van der Waals surface area contributed by atoms with Crippen molar-refractivity contribution in [3.8, 4) is 0 Å². The number of rotatable bonds is 9. The summed E-state index contributed by atoms with van der Waals surface area (Å²) < 4.78 is 20.1. The van der Waals surface area contributed by atoms with Gasteiger partial charge in [-0.1, -0.05) is 19.1 Å². The molecule has 0 saturated heterocycles. The molecule has 0 atom stereocenters. The van der Waals surface area contributed by atoms with Gasteiger partial charge in [-0.05, 0) is 49.1 Å². The smallest absolute Gasteiger partial charge is 0.337 e. The monoisotopic (exact) mass is 411 g/mol. The molecule has 6 nitrogen and oxygen atoms in total. The van der Waals surface area contributed by atoms with Crippen LogP contribution < -0.4 is 0 Å². The minimum atomic E-state index is -0.448. The number of aryl methyl sites for hydroxylation is 3. The van der Waals surface area contributed by atoms with E-state index in [0.717, 1.165) is 42.0 Å². The Hall–Kier alpha value is -3.06. The van der Waals surface area contributed by atoms with Gasteiger partial charge >= 0.3 is 5.97 Å². The molecule has 0 saturated carbocycles. The van der Waals surface area contributed by atoms with Gasteiger partial charge in [0.1, 0.15) is 11.6 Å². The van der Waals surface area contributed by atoms with Crippen molar-refractivity contribution in [2.75, 3.05) is 7.11 Å². The van der Waals surface area contributed by atoms with Crippen LogP contribution in [0.15, 0.2) is 42.6 Å². The predicted octanol–water partition coefficient (Wildman–Crippen LogP) is 3.48. The number of hydrogen-bond acceptors (Lipinski definition) is 5. The van der Waals surface area contributed by atoms with Crippen LogP contribution in [0.5, 0.6) is 0 Å². The number of aromatic nitrogens is 3. The van der Waals surface area contributed by atoms with Crippen LogP contribution in [0.3, 0.4) is 0 Å². The number of methoxy groups -OCH3 is 1. The zero-order valence-corrected chi connectivity index (χ0v) is 17.3. The molecule has 0 unspecified atom stereocenters. The number of nitrogens with zero attached hydrogens (tertiary/aromatic N) is 3. The first-order valence-corrected chi connectivity index (χ1v) is 10.0. The predicted molar refractivity (Wildman–Crippen MR) is 111 cm³/mol. The van der Waals surface area contributed by atoms with Crippen molar-refractivity contribution in [1.29, 1.82) is 0 Å². The number of pyridine rings is 1. The fourth-order valence-corrected chi connectivity index (χ4v) is 3.42. The van der Waals surface area contributed by atoms with Crippen molar-refractivity contribution in [3.63, 3.8) is 0 Å². The number of esters is 1. The van der Waals surface area contributed by atoms with Gasteiger partial charge in [-0.15, -0.1) is 0 Å². The lowest BCUT2D eigenvalue weighted by Gasteiger charge is -2.12. The molecule has 30 heavy (non-hydrogen) atoms. The summed E-state index contributed by atoms with van der Waals surface area (Å²) in [5.74, 6) is 0.266. The molecule has 3 aromatic rings. The Morgan fingerprint density at radius 3 is 2.57 bits per heavy atom. The summed E-state index contributed by atoms with van der Waals surface area (Å²) in [4.78, 5) is 20.8. The van der Waals surface area contributed by atoms with E-state index in [9.17, 15) is 14.3 Å². The minimum absolute atomic E-state index is 0.236. The molecule has 0 aliphatic rings. The lowest BCUT2D eigenvalue weighted by atomic mass is 10.1. The molecule has 7 heteroatoms. The Morgan fingerprint density at radius 2 is 1.90 bits per heavy atom. The summed E-state index contributed by atoms with van der Waals surface area (Å²) >= 11 is 0. The third-order valence-corrected chi connectivity index (χ3v) is 4.98. The highest BCUT2D eigenvalue weighted by Gasteiger charge is 2.12. The summed E-state index contributed by atoms with van der Waals surface area (Å²) in [5.41, 5.74) is 3.71. The molecule has 0 radical (unpaired) electrons. The highest BCUT2D eigenvalue weighted by molar-refractivity contribution is 5.89. The lowest BCUT2D eigenvalue weighted by molar-refractivity contribution is 0.0600. The Morgan fingerprint density at radius 1 is 1.17 bits per heavy atom. The van der Waals surface area contributed by atoms with Gasteiger partial charge in [0.25, 0.3) is 0 Å². The second kappa shape index (κ2) is 10.1. The third-order valence-electron chi connectivity index (χ3n) is 4.98. The van der Waals surface area contributed by atoms with Crippen LogP contribution in [0.25, 0.3) is 0 Å². The summed E-state index contributed by atoms with van der Waals surface area (Å²) in [7, 11) is 1.33. The fraction of sp³-hybridized carbons (Fsp3) is 0.348. The van der Waals surface area contributed by atoms with E-state index < -0.39 is 5.97 Å². The van der Waals surface area contributed by atoms with Crippen molar-refractivity contribution >= 4 is 5.97 Å². The molecule has 0 aliphatic carbocycles. The summed E-state index contributed by atoms with van der Waals surface area (Å²) in [6, 6.07) is 9.76. The first-order valence-electron chi connectivity index (χ1n) is 10.0. The normalized spacial score (nSPS) is 10.9. The molecule has 0 aliphatic heterocycles. The van der Waals surface area contributed by atoms with E-state index in [-0.39, 0.29) is 12.4 Å². The van der Waals surface area contributed by atoms with Gasteiger partial charge in [0.15, 0.2) is 0 Å². The molecule has 3 rings (SSSR count). The van der Waals surface area contributed by atoms with Gasteiger partial charge in [0.05, 0.1) is 25.0 Å². The summed E-state index contributed by atoms with van der Waals surface area (Å²) in [5, 5.41) is 9.42. The summed E-state index contributed by atoms with van der Waals surface area (Å²) in [6.07, 6.45) is 4.91. The maximum atomic E-state index is 13.2. The molecule has 0 amide bonds. The molecule has 0 spiro atoms. The number of ether oxygens (including phenoxy) is 1. The van der Waals surface area contributed by atoms with Gasteiger partial charge in [0, 0.05) is 30.6 Å². The van der Waals surface area contributed by atoms with E-state index in [4.69, 9.17) is 4.74 Å². The van der Waals surface area contributed by atoms with Crippen LogP contribution in [-0.4, -0.2) is 32.7 Å². The molecule has 1 aromatic carbocycles. The molecule has 2 aromatic heterocycles. The average Bonchev–Trinajstić information content (AvgIpc) is 3.15. The fourth-order valence-electron chi connectivity index (χ4n) is 3.42. The van der Waals surface area contributed by atoms with Crippen LogP contribution in [0, 0.1) is 5.82 Å². The second-order valence-electron chi connectivity index (χ2n) is 7.07. The van der Waals surface area contributed by atoms with Crippen molar-refractivity contribution in [3.05, 3.63) is 82.4 Å². The van der Waals surface area contributed by atoms with E-state index in [2.05, 4.69) is 21.5 Å². The van der Waals surface area contributed by atoms with Crippen molar-refractivity contribution < 1.29 is 19.0 Å². The number of benzene rings is 1. The molecular formula is C23H26FN3O3. The second-order valence-corrected chi connectivity index (χ2v) is 7.07. The molecule has 2 heterocycles. The maximum absolute atomic E-state index is 13.2. The van der Waals surface area contributed by atoms with E-state index in [0.29, 0.717) is 24.2 Å². The lowest BCUT2D eigenvalue weighted by Crippen LogP contribution is -2.10. The first kappa shape index (κ1) is 21.6. The van der Waals surface area contributed by atoms with Gasteiger partial charge in [0.2, 0.25) is 0 Å². The van der Waals surface area contributed by atoms with Crippen LogP contribution in [0.4, 0.5) is 4.39 Å². The number of carbonyl (C=O) groups is 1. The number of carbonyl (C=O) groups excluding carboxylic acids is 1. The first-order chi connectivity index (χ1) is 14.5. The Balaban J connectivity index is 1.71. The average molecular weight is 411 g/mol.